The fourth-order valence-electron chi connectivity index (χ4n) is 2.10. The molecule has 0 saturated carbocycles. The molecule has 1 aromatic carbocycles. The van der Waals surface area contributed by atoms with Gasteiger partial charge in [-0.05, 0) is 36.6 Å². The van der Waals surface area contributed by atoms with Gasteiger partial charge in [-0.15, -0.1) is 0 Å². The minimum atomic E-state index is 0.0718. The average Bonchev–Trinajstić information content (AvgIpc) is 2.50. The maximum absolute atomic E-state index is 7.32. The second kappa shape index (κ2) is 10.2. The van der Waals surface area contributed by atoms with Crippen molar-refractivity contribution in [2.24, 2.45) is 11.7 Å². The van der Waals surface area contributed by atoms with Crippen LogP contribution >= 0.6 is 0 Å². The second-order valence-electron chi connectivity index (χ2n) is 5.28. The van der Waals surface area contributed by atoms with Gasteiger partial charge in [-0.3, -0.25) is 5.41 Å². The first-order valence-corrected chi connectivity index (χ1v) is 7.82. The van der Waals surface area contributed by atoms with Crippen molar-refractivity contribution in [1.82, 2.24) is 0 Å². The van der Waals surface area contributed by atoms with E-state index in [-0.39, 0.29) is 5.84 Å². The maximum Gasteiger partial charge on any atom is 0.122 e. The molecule has 4 nitrogen and oxygen atoms in total. The number of hydrogen-bond acceptors (Lipinski definition) is 3. The molecule has 1 atom stereocenters. The zero-order valence-corrected chi connectivity index (χ0v) is 13.2. The average molecular weight is 292 g/mol. The first-order chi connectivity index (χ1) is 10.2. The summed E-state index contributed by atoms with van der Waals surface area (Å²) >= 11 is 0. The van der Waals surface area contributed by atoms with Gasteiger partial charge in [0.15, 0.2) is 0 Å². The topological polar surface area (TPSA) is 68.3 Å². The molecule has 0 heterocycles. The summed E-state index contributed by atoms with van der Waals surface area (Å²) in [5.74, 6) is 1.52. The summed E-state index contributed by atoms with van der Waals surface area (Å²) in [6.07, 6.45) is 4.95. The van der Waals surface area contributed by atoms with E-state index in [0.29, 0.717) is 24.7 Å². The van der Waals surface area contributed by atoms with Crippen molar-refractivity contribution in [3.8, 4) is 5.75 Å². The third-order valence-corrected chi connectivity index (χ3v) is 3.56. The highest BCUT2D eigenvalue weighted by molar-refractivity contribution is 5.94. The molecule has 0 aromatic heterocycles. The summed E-state index contributed by atoms with van der Waals surface area (Å²) in [7, 11) is 0. The van der Waals surface area contributed by atoms with Gasteiger partial charge in [-0.25, -0.2) is 0 Å². The van der Waals surface area contributed by atoms with Crippen molar-refractivity contribution in [3.05, 3.63) is 29.8 Å². The van der Waals surface area contributed by atoms with Crippen molar-refractivity contribution < 1.29 is 9.47 Å². The highest BCUT2D eigenvalue weighted by atomic mass is 16.5. The number of nitrogens with one attached hydrogen (secondary N) is 1. The molecule has 0 aliphatic heterocycles. The predicted octanol–water partition coefficient (Wildman–Crippen LogP) is 3.58. The predicted molar refractivity (Wildman–Crippen MR) is 87.1 cm³/mol. The van der Waals surface area contributed by atoms with E-state index in [9.17, 15) is 0 Å². The number of rotatable bonds is 11. The Morgan fingerprint density at radius 1 is 1.19 bits per heavy atom. The molecule has 0 fully saturated rings. The Morgan fingerprint density at radius 3 is 2.48 bits per heavy atom. The van der Waals surface area contributed by atoms with Crippen LogP contribution in [-0.4, -0.2) is 25.7 Å². The van der Waals surface area contributed by atoms with Crippen LogP contribution in [0.25, 0.3) is 0 Å². The van der Waals surface area contributed by atoms with E-state index in [1.807, 2.05) is 12.1 Å². The Morgan fingerprint density at radius 2 is 1.90 bits per heavy atom. The molecular weight excluding hydrogens is 264 g/mol. The van der Waals surface area contributed by atoms with E-state index in [1.54, 1.807) is 12.1 Å². The molecule has 0 bridgehead atoms. The fraction of sp³-hybridized carbons (Fsp3) is 0.588. The van der Waals surface area contributed by atoms with Crippen LogP contribution in [0.2, 0.25) is 0 Å². The third kappa shape index (κ3) is 7.14. The summed E-state index contributed by atoms with van der Waals surface area (Å²) in [4.78, 5) is 0. The van der Waals surface area contributed by atoms with Gasteiger partial charge >= 0.3 is 0 Å². The summed E-state index contributed by atoms with van der Waals surface area (Å²) in [5.41, 5.74) is 6.11. The first kappa shape index (κ1) is 17.5. The SMILES string of the molecule is CCCCC(CC)COCCOc1ccc(C(=N)N)cc1. The molecule has 1 aromatic rings. The van der Waals surface area contributed by atoms with Crippen LogP contribution in [0.1, 0.15) is 45.1 Å². The van der Waals surface area contributed by atoms with Gasteiger partial charge in [0.2, 0.25) is 0 Å². The van der Waals surface area contributed by atoms with Crippen LogP contribution in [0.15, 0.2) is 24.3 Å². The minimum Gasteiger partial charge on any atom is -0.491 e. The lowest BCUT2D eigenvalue weighted by molar-refractivity contribution is 0.0699. The Hall–Kier alpha value is -1.55. The summed E-state index contributed by atoms with van der Waals surface area (Å²) in [5, 5.41) is 7.32. The van der Waals surface area contributed by atoms with Crippen molar-refractivity contribution in [2.75, 3.05) is 19.8 Å². The van der Waals surface area contributed by atoms with E-state index in [1.165, 1.54) is 25.7 Å². The van der Waals surface area contributed by atoms with E-state index in [0.717, 1.165) is 12.4 Å². The lowest BCUT2D eigenvalue weighted by Gasteiger charge is -2.14. The molecule has 21 heavy (non-hydrogen) atoms. The Labute approximate surface area is 128 Å². The second-order valence-corrected chi connectivity index (χ2v) is 5.28. The molecule has 1 unspecified atom stereocenters. The van der Waals surface area contributed by atoms with E-state index >= 15 is 0 Å². The van der Waals surface area contributed by atoms with Gasteiger partial charge in [-0.2, -0.15) is 0 Å². The third-order valence-electron chi connectivity index (χ3n) is 3.56. The number of amidine groups is 1. The molecule has 0 saturated heterocycles. The number of hydrogen-bond donors (Lipinski definition) is 2. The zero-order chi connectivity index (χ0) is 15.5. The summed E-state index contributed by atoms with van der Waals surface area (Å²) in [6, 6.07) is 7.23. The van der Waals surface area contributed by atoms with Crippen molar-refractivity contribution in [3.63, 3.8) is 0 Å². The van der Waals surface area contributed by atoms with Gasteiger partial charge < -0.3 is 15.2 Å². The van der Waals surface area contributed by atoms with Crippen LogP contribution in [-0.2, 0) is 4.74 Å². The fourth-order valence-corrected chi connectivity index (χ4v) is 2.10. The molecule has 4 heteroatoms. The number of nitrogen functional groups attached to an aromatic ring is 1. The molecule has 1 rings (SSSR count). The van der Waals surface area contributed by atoms with Gasteiger partial charge in [-0.1, -0.05) is 33.1 Å². The van der Waals surface area contributed by atoms with Crippen LogP contribution in [0.5, 0.6) is 5.75 Å². The number of ether oxygens (including phenoxy) is 2. The maximum atomic E-state index is 7.32. The zero-order valence-electron chi connectivity index (χ0n) is 13.2. The monoisotopic (exact) mass is 292 g/mol. The van der Waals surface area contributed by atoms with Crippen molar-refractivity contribution in [2.45, 2.75) is 39.5 Å². The number of benzene rings is 1. The molecule has 0 radical (unpaired) electrons. The lowest BCUT2D eigenvalue weighted by Crippen LogP contribution is -2.14. The highest BCUT2D eigenvalue weighted by Gasteiger charge is 2.05. The summed E-state index contributed by atoms with van der Waals surface area (Å²) in [6.45, 7) is 6.42. The minimum absolute atomic E-state index is 0.0718. The van der Waals surface area contributed by atoms with E-state index in [2.05, 4.69) is 13.8 Å². The standard InChI is InChI=1S/C17H28N2O2/c1-3-5-6-14(4-2)13-20-11-12-21-16-9-7-15(8-10-16)17(18)19/h7-10,14H,3-6,11-13H2,1-2H3,(H3,18,19). The van der Waals surface area contributed by atoms with Gasteiger partial charge in [0.1, 0.15) is 18.2 Å². The first-order valence-electron chi connectivity index (χ1n) is 7.82. The van der Waals surface area contributed by atoms with Crippen LogP contribution in [0.3, 0.4) is 0 Å². The van der Waals surface area contributed by atoms with Crippen LogP contribution in [0, 0.1) is 11.3 Å². The van der Waals surface area contributed by atoms with Gasteiger partial charge in [0, 0.05) is 12.2 Å². The lowest BCUT2D eigenvalue weighted by atomic mass is 10.0. The number of unbranched alkanes of at least 4 members (excludes halogenated alkanes) is 1. The van der Waals surface area contributed by atoms with Gasteiger partial charge in [0.25, 0.3) is 0 Å². The summed E-state index contributed by atoms with van der Waals surface area (Å²) < 4.78 is 11.3. The molecule has 0 aliphatic carbocycles. The largest absolute Gasteiger partial charge is 0.491 e. The van der Waals surface area contributed by atoms with E-state index < -0.39 is 0 Å². The van der Waals surface area contributed by atoms with Gasteiger partial charge in [0.05, 0.1) is 6.61 Å². The number of nitrogens with two attached hydrogens (primary N) is 1. The smallest absolute Gasteiger partial charge is 0.122 e. The molecule has 0 spiro atoms. The van der Waals surface area contributed by atoms with Crippen LogP contribution in [0.4, 0.5) is 0 Å². The Kier molecular flexibility index (Phi) is 8.51. The molecule has 0 aliphatic rings. The van der Waals surface area contributed by atoms with Crippen molar-refractivity contribution >= 4 is 5.84 Å². The molecule has 118 valence electrons. The van der Waals surface area contributed by atoms with E-state index in [4.69, 9.17) is 20.6 Å². The normalized spacial score (nSPS) is 12.1. The van der Waals surface area contributed by atoms with Crippen molar-refractivity contribution in [1.29, 1.82) is 5.41 Å². The molecule has 0 amide bonds. The Balaban J connectivity index is 2.17. The molecular formula is C17H28N2O2. The highest BCUT2D eigenvalue weighted by Crippen LogP contribution is 2.13. The van der Waals surface area contributed by atoms with Crippen LogP contribution < -0.4 is 10.5 Å². The Bertz CT molecular complexity index is 404. The molecule has 3 N–H and O–H groups in total. The quantitative estimate of drug-likeness (QED) is 0.372.